The number of hydrogen-bond donors (Lipinski definition) is 1. The Morgan fingerprint density at radius 3 is 2.91 bits per heavy atom. The molecular weight excluding hydrogens is 306 g/mol. The average molecular weight is 329 g/mol. The Bertz CT molecular complexity index is 654. The first-order chi connectivity index (χ1) is 11.2. The van der Waals surface area contributed by atoms with Gasteiger partial charge in [-0.2, -0.15) is 11.3 Å². The molecule has 0 saturated heterocycles. The van der Waals surface area contributed by atoms with Crippen molar-refractivity contribution in [2.45, 2.75) is 18.9 Å². The third-order valence-corrected chi connectivity index (χ3v) is 5.05. The van der Waals surface area contributed by atoms with E-state index in [0.717, 1.165) is 25.1 Å². The van der Waals surface area contributed by atoms with Crippen LogP contribution in [0.4, 0.5) is 10.5 Å². The third-order valence-electron chi connectivity index (χ3n) is 4.35. The average Bonchev–Trinajstić information content (AvgIpc) is 3.08. The van der Waals surface area contributed by atoms with Crippen LogP contribution in [0.2, 0.25) is 0 Å². The zero-order valence-corrected chi connectivity index (χ0v) is 14.5. The van der Waals surface area contributed by atoms with Gasteiger partial charge < -0.3 is 10.2 Å². The van der Waals surface area contributed by atoms with Crippen LogP contribution in [0.15, 0.2) is 41.1 Å². The summed E-state index contributed by atoms with van der Waals surface area (Å²) in [7, 11) is 4.09. The van der Waals surface area contributed by atoms with Gasteiger partial charge in [0.2, 0.25) is 0 Å². The van der Waals surface area contributed by atoms with Crippen LogP contribution in [0.1, 0.15) is 23.6 Å². The lowest BCUT2D eigenvalue weighted by atomic mass is 10.0. The van der Waals surface area contributed by atoms with Gasteiger partial charge in [-0.1, -0.05) is 18.2 Å². The fourth-order valence-electron chi connectivity index (χ4n) is 3.09. The number of amides is 2. The van der Waals surface area contributed by atoms with Crippen molar-refractivity contribution in [3.63, 3.8) is 0 Å². The number of nitrogens with one attached hydrogen (secondary N) is 1. The van der Waals surface area contributed by atoms with Crippen LogP contribution in [0.3, 0.4) is 0 Å². The summed E-state index contributed by atoms with van der Waals surface area (Å²) in [4.78, 5) is 16.7. The second-order valence-electron chi connectivity index (χ2n) is 6.11. The van der Waals surface area contributed by atoms with Crippen LogP contribution < -0.4 is 10.2 Å². The molecule has 1 aliphatic heterocycles. The number of fused-ring (bicyclic) bond motifs is 1. The quantitative estimate of drug-likeness (QED) is 0.932. The van der Waals surface area contributed by atoms with Crippen molar-refractivity contribution < 1.29 is 4.79 Å². The van der Waals surface area contributed by atoms with E-state index in [0.29, 0.717) is 6.54 Å². The maximum absolute atomic E-state index is 12.7. The molecule has 2 heterocycles. The summed E-state index contributed by atoms with van der Waals surface area (Å²) >= 11 is 1.69. The van der Waals surface area contributed by atoms with E-state index in [1.807, 2.05) is 37.2 Å². The standard InChI is InChI=1S/C18H23N3OS/c1-20(2)17(15-9-11-23-13-15)12-19-18(22)21-10-5-7-14-6-3-4-8-16(14)21/h3-4,6,8-9,11,13,17H,5,7,10,12H2,1-2H3,(H,19,22). The van der Waals surface area contributed by atoms with Crippen LogP contribution in [-0.4, -0.2) is 38.1 Å². The molecule has 0 fully saturated rings. The van der Waals surface area contributed by atoms with Crippen molar-refractivity contribution in [2.75, 3.05) is 32.1 Å². The highest BCUT2D eigenvalue weighted by Crippen LogP contribution is 2.27. The largest absolute Gasteiger partial charge is 0.336 e. The molecule has 0 spiro atoms. The molecule has 5 heteroatoms. The topological polar surface area (TPSA) is 35.6 Å². The SMILES string of the molecule is CN(C)C(CNC(=O)N1CCCc2ccccc21)c1ccsc1. The van der Waals surface area contributed by atoms with E-state index in [4.69, 9.17) is 0 Å². The summed E-state index contributed by atoms with van der Waals surface area (Å²) in [5, 5.41) is 7.34. The van der Waals surface area contributed by atoms with Gasteiger partial charge in [0, 0.05) is 18.8 Å². The second-order valence-corrected chi connectivity index (χ2v) is 6.89. The summed E-state index contributed by atoms with van der Waals surface area (Å²) in [6.07, 6.45) is 2.07. The van der Waals surface area contributed by atoms with Crippen LogP contribution in [0.25, 0.3) is 0 Å². The number of aryl methyl sites for hydroxylation is 1. The lowest BCUT2D eigenvalue weighted by Gasteiger charge is -2.31. The molecule has 0 aliphatic carbocycles. The molecule has 1 aromatic heterocycles. The first kappa shape index (κ1) is 16.0. The number of likely N-dealkylation sites (N-methyl/N-ethyl adjacent to an activating group) is 1. The van der Waals surface area contributed by atoms with Crippen molar-refractivity contribution >= 4 is 23.1 Å². The highest BCUT2D eigenvalue weighted by atomic mass is 32.1. The second kappa shape index (κ2) is 7.15. The van der Waals surface area contributed by atoms with Gasteiger partial charge in [0.05, 0.1) is 6.04 Å². The number of carbonyl (C=O) groups is 1. The minimum atomic E-state index is -0.000713. The fourth-order valence-corrected chi connectivity index (χ4v) is 3.79. The Hall–Kier alpha value is -1.85. The fraction of sp³-hybridized carbons (Fsp3) is 0.389. The molecule has 0 radical (unpaired) electrons. The van der Waals surface area contributed by atoms with Crippen molar-refractivity contribution in [3.05, 3.63) is 52.2 Å². The lowest BCUT2D eigenvalue weighted by molar-refractivity contribution is 0.237. The third kappa shape index (κ3) is 3.57. The molecular formula is C18H23N3OS. The van der Waals surface area contributed by atoms with Gasteiger partial charge in [-0.15, -0.1) is 0 Å². The number of thiophene rings is 1. The molecule has 23 heavy (non-hydrogen) atoms. The molecule has 2 aromatic rings. The van der Waals surface area contributed by atoms with Crippen molar-refractivity contribution in [3.8, 4) is 0 Å². The molecule has 0 saturated carbocycles. The van der Waals surface area contributed by atoms with E-state index in [2.05, 4.69) is 33.1 Å². The zero-order chi connectivity index (χ0) is 16.2. The molecule has 122 valence electrons. The maximum Gasteiger partial charge on any atom is 0.321 e. The predicted octanol–water partition coefficient (Wildman–Crippen LogP) is 3.51. The van der Waals surface area contributed by atoms with E-state index >= 15 is 0 Å². The number of hydrogen-bond acceptors (Lipinski definition) is 3. The Morgan fingerprint density at radius 1 is 1.35 bits per heavy atom. The normalized spacial score (nSPS) is 15.3. The van der Waals surface area contributed by atoms with Gasteiger partial charge in [-0.25, -0.2) is 4.79 Å². The number of anilines is 1. The van der Waals surface area contributed by atoms with Gasteiger partial charge >= 0.3 is 6.03 Å². The number of benzene rings is 1. The number of para-hydroxylation sites is 1. The van der Waals surface area contributed by atoms with E-state index in [-0.39, 0.29) is 12.1 Å². The molecule has 0 bridgehead atoms. The Morgan fingerprint density at radius 2 is 2.17 bits per heavy atom. The summed E-state index contributed by atoms with van der Waals surface area (Å²) in [6.45, 7) is 1.40. The van der Waals surface area contributed by atoms with E-state index in [1.165, 1.54) is 11.1 Å². The highest BCUT2D eigenvalue weighted by Gasteiger charge is 2.23. The first-order valence-corrected chi connectivity index (χ1v) is 8.93. The van der Waals surface area contributed by atoms with E-state index in [9.17, 15) is 4.79 Å². The van der Waals surface area contributed by atoms with E-state index < -0.39 is 0 Å². The van der Waals surface area contributed by atoms with Crippen molar-refractivity contribution in [1.29, 1.82) is 0 Å². The Labute approximate surface area is 141 Å². The predicted molar refractivity (Wildman–Crippen MR) is 96.3 cm³/mol. The van der Waals surface area contributed by atoms with Crippen LogP contribution in [-0.2, 0) is 6.42 Å². The molecule has 4 nitrogen and oxygen atoms in total. The minimum absolute atomic E-state index is 0.000713. The van der Waals surface area contributed by atoms with Crippen molar-refractivity contribution in [1.82, 2.24) is 10.2 Å². The summed E-state index contributed by atoms with van der Waals surface area (Å²) in [6, 6.07) is 10.5. The molecule has 1 aliphatic rings. The highest BCUT2D eigenvalue weighted by molar-refractivity contribution is 7.07. The van der Waals surface area contributed by atoms with Crippen LogP contribution >= 0.6 is 11.3 Å². The summed E-state index contributed by atoms with van der Waals surface area (Å²) in [5.41, 5.74) is 3.56. The van der Waals surface area contributed by atoms with Gasteiger partial charge in [0.25, 0.3) is 0 Å². The number of nitrogens with zero attached hydrogens (tertiary/aromatic N) is 2. The first-order valence-electron chi connectivity index (χ1n) is 7.98. The lowest BCUT2D eigenvalue weighted by Crippen LogP contribution is -2.45. The molecule has 1 aromatic carbocycles. The minimum Gasteiger partial charge on any atom is -0.336 e. The van der Waals surface area contributed by atoms with E-state index in [1.54, 1.807) is 11.3 Å². The van der Waals surface area contributed by atoms with Crippen LogP contribution in [0.5, 0.6) is 0 Å². The number of rotatable bonds is 4. The zero-order valence-electron chi connectivity index (χ0n) is 13.7. The molecule has 2 amide bonds. The smallest absolute Gasteiger partial charge is 0.321 e. The molecule has 1 unspecified atom stereocenters. The van der Waals surface area contributed by atoms with Gasteiger partial charge in [-0.05, 0) is 61.0 Å². The van der Waals surface area contributed by atoms with Gasteiger partial charge in [-0.3, -0.25) is 4.90 Å². The summed E-state index contributed by atoms with van der Waals surface area (Å²) in [5.74, 6) is 0. The maximum atomic E-state index is 12.7. The Kier molecular flexibility index (Phi) is 4.98. The molecule has 3 rings (SSSR count). The number of urea groups is 1. The van der Waals surface area contributed by atoms with Crippen molar-refractivity contribution in [2.24, 2.45) is 0 Å². The molecule has 1 N–H and O–H groups in total. The monoisotopic (exact) mass is 329 g/mol. The number of carbonyl (C=O) groups excluding carboxylic acids is 1. The van der Waals surface area contributed by atoms with Gasteiger partial charge in [0.1, 0.15) is 0 Å². The molecule has 1 atom stereocenters. The van der Waals surface area contributed by atoms with Crippen LogP contribution in [0, 0.1) is 0 Å². The summed E-state index contributed by atoms with van der Waals surface area (Å²) < 4.78 is 0. The Balaban J connectivity index is 1.68. The van der Waals surface area contributed by atoms with Gasteiger partial charge in [0.15, 0.2) is 0 Å².